The molecule has 0 fully saturated rings. The number of rotatable bonds is 7. The summed E-state index contributed by atoms with van der Waals surface area (Å²) >= 11 is 0. The Morgan fingerprint density at radius 1 is 1.03 bits per heavy atom. The predicted octanol–water partition coefficient (Wildman–Crippen LogP) is 4.33. The lowest BCUT2D eigenvalue weighted by Gasteiger charge is -2.22. The number of esters is 1. The van der Waals surface area contributed by atoms with Crippen LogP contribution in [0.5, 0.6) is 11.6 Å². The molecule has 2 aromatic carbocycles. The van der Waals surface area contributed by atoms with Gasteiger partial charge in [-0.2, -0.15) is 5.10 Å². The van der Waals surface area contributed by atoms with Crippen LogP contribution in [-0.4, -0.2) is 30.8 Å². The van der Waals surface area contributed by atoms with Crippen molar-refractivity contribution in [2.45, 2.75) is 56.4 Å². The highest BCUT2D eigenvalue weighted by Gasteiger charge is 2.34. The van der Waals surface area contributed by atoms with Gasteiger partial charge in [0, 0.05) is 0 Å². The number of carbonyl (C=O) groups excluding carboxylic acids is 1. The molecule has 0 aliphatic carbocycles. The first-order chi connectivity index (χ1) is 15.0. The van der Waals surface area contributed by atoms with Crippen molar-refractivity contribution < 1.29 is 22.7 Å². The molecule has 0 amide bonds. The third-order valence-corrected chi connectivity index (χ3v) is 6.62. The molecule has 0 spiro atoms. The van der Waals surface area contributed by atoms with Crippen molar-refractivity contribution >= 4 is 15.8 Å². The zero-order valence-electron chi connectivity index (χ0n) is 19.0. The molecule has 1 heterocycles. The van der Waals surface area contributed by atoms with E-state index in [0.29, 0.717) is 12.4 Å². The number of aromatic nitrogens is 2. The van der Waals surface area contributed by atoms with Gasteiger partial charge in [-0.15, -0.1) is 0 Å². The van der Waals surface area contributed by atoms with Crippen molar-refractivity contribution in [3.05, 3.63) is 65.9 Å². The zero-order chi connectivity index (χ0) is 23.5. The van der Waals surface area contributed by atoms with E-state index in [9.17, 15) is 13.2 Å². The van der Waals surface area contributed by atoms with Gasteiger partial charge in [0.2, 0.25) is 15.7 Å². The highest BCUT2D eigenvalue weighted by molar-refractivity contribution is 7.91. The molecule has 7 nitrogen and oxygen atoms in total. The fraction of sp³-hybridized carbons (Fsp3) is 0.333. The SMILES string of the molecule is CCOc1ccc(CC(=O)Oc2c(S(=O)(=O)c3ccccc3)c(C)nn2C(C)(C)C)cc1. The Kier molecular flexibility index (Phi) is 6.74. The van der Waals surface area contributed by atoms with Gasteiger partial charge < -0.3 is 9.47 Å². The minimum Gasteiger partial charge on any atom is -0.494 e. The summed E-state index contributed by atoms with van der Waals surface area (Å²) in [6.07, 6.45) is -0.0222. The molecule has 0 aliphatic rings. The van der Waals surface area contributed by atoms with Crippen LogP contribution in [0.3, 0.4) is 0 Å². The second-order valence-electron chi connectivity index (χ2n) is 8.35. The molecule has 170 valence electrons. The van der Waals surface area contributed by atoms with Crippen molar-refractivity contribution in [2.75, 3.05) is 6.61 Å². The lowest BCUT2D eigenvalue weighted by molar-refractivity contribution is -0.134. The number of carbonyl (C=O) groups is 1. The summed E-state index contributed by atoms with van der Waals surface area (Å²) in [5.74, 6) is 0.0566. The number of benzene rings is 2. The Hall–Kier alpha value is -3.13. The van der Waals surface area contributed by atoms with Gasteiger partial charge in [-0.25, -0.2) is 13.1 Å². The summed E-state index contributed by atoms with van der Waals surface area (Å²) in [5.41, 5.74) is 0.390. The Balaban J connectivity index is 1.98. The van der Waals surface area contributed by atoms with Crippen LogP contribution in [0.4, 0.5) is 0 Å². The maximum atomic E-state index is 13.4. The molecule has 1 aromatic heterocycles. The van der Waals surface area contributed by atoms with Crippen molar-refractivity contribution in [1.82, 2.24) is 9.78 Å². The molecular weight excluding hydrogens is 428 g/mol. The predicted molar refractivity (Wildman–Crippen MR) is 121 cm³/mol. The van der Waals surface area contributed by atoms with E-state index in [2.05, 4.69) is 5.10 Å². The van der Waals surface area contributed by atoms with Crippen LogP contribution >= 0.6 is 0 Å². The van der Waals surface area contributed by atoms with Crippen molar-refractivity contribution in [3.63, 3.8) is 0 Å². The minimum atomic E-state index is -3.95. The summed E-state index contributed by atoms with van der Waals surface area (Å²) in [7, 11) is -3.95. The van der Waals surface area contributed by atoms with Gasteiger partial charge in [-0.05, 0) is 64.4 Å². The Morgan fingerprint density at radius 2 is 1.66 bits per heavy atom. The van der Waals surface area contributed by atoms with Crippen molar-refractivity contribution in [3.8, 4) is 11.6 Å². The first-order valence-corrected chi connectivity index (χ1v) is 11.8. The minimum absolute atomic E-state index is 0.0222. The molecule has 3 rings (SSSR count). The van der Waals surface area contributed by atoms with Crippen molar-refractivity contribution in [2.24, 2.45) is 0 Å². The van der Waals surface area contributed by atoms with Crippen LogP contribution in [0.1, 0.15) is 39.0 Å². The molecule has 0 saturated heterocycles. The third kappa shape index (κ3) is 5.02. The maximum Gasteiger partial charge on any atom is 0.317 e. The fourth-order valence-electron chi connectivity index (χ4n) is 3.24. The topological polar surface area (TPSA) is 87.5 Å². The number of aryl methyl sites for hydroxylation is 1. The largest absolute Gasteiger partial charge is 0.494 e. The third-order valence-electron chi connectivity index (χ3n) is 4.72. The lowest BCUT2D eigenvalue weighted by atomic mass is 10.1. The van der Waals surface area contributed by atoms with Gasteiger partial charge in [0.05, 0.1) is 29.2 Å². The average Bonchev–Trinajstić information content (AvgIpc) is 3.07. The molecule has 0 bridgehead atoms. The van der Waals surface area contributed by atoms with Gasteiger partial charge in [-0.1, -0.05) is 30.3 Å². The van der Waals surface area contributed by atoms with Crippen LogP contribution in [0.2, 0.25) is 0 Å². The number of ether oxygens (including phenoxy) is 2. The first-order valence-electron chi connectivity index (χ1n) is 10.4. The molecule has 0 saturated carbocycles. The van der Waals surface area contributed by atoms with Crippen molar-refractivity contribution in [1.29, 1.82) is 0 Å². The normalized spacial score (nSPS) is 11.9. The lowest BCUT2D eigenvalue weighted by Crippen LogP contribution is -2.26. The molecular formula is C24H28N2O5S. The van der Waals surface area contributed by atoms with Gasteiger partial charge in [0.1, 0.15) is 5.75 Å². The van der Waals surface area contributed by atoms with E-state index >= 15 is 0 Å². The zero-order valence-corrected chi connectivity index (χ0v) is 19.8. The summed E-state index contributed by atoms with van der Waals surface area (Å²) in [5, 5.41) is 4.41. The fourth-order valence-corrected chi connectivity index (χ4v) is 4.78. The standard InChI is InChI=1S/C24H28N2O5S/c1-6-30-19-14-12-18(13-15-19)16-21(27)31-23-22(17(2)25-26(23)24(3,4)5)32(28,29)20-10-8-7-9-11-20/h7-15H,6,16H2,1-5H3. The number of hydrogen-bond donors (Lipinski definition) is 0. The quantitative estimate of drug-likeness (QED) is 0.492. The van der Waals surface area contributed by atoms with Gasteiger partial charge in [0.15, 0.2) is 4.90 Å². The van der Waals surface area contributed by atoms with E-state index in [-0.39, 0.29) is 27.8 Å². The van der Waals surface area contributed by atoms with Crippen LogP contribution in [-0.2, 0) is 26.6 Å². The Morgan fingerprint density at radius 3 is 2.22 bits per heavy atom. The molecule has 0 aliphatic heterocycles. The van der Waals surface area contributed by atoms with Crippen LogP contribution in [0, 0.1) is 6.92 Å². The van der Waals surface area contributed by atoms with Crippen LogP contribution in [0.15, 0.2) is 64.4 Å². The van der Waals surface area contributed by atoms with E-state index in [4.69, 9.17) is 9.47 Å². The van der Waals surface area contributed by atoms with Gasteiger partial charge >= 0.3 is 5.97 Å². The molecule has 8 heteroatoms. The number of hydrogen-bond acceptors (Lipinski definition) is 6. The van der Waals surface area contributed by atoms with Gasteiger partial charge in [0.25, 0.3) is 0 Å². The molecule has 0 radical (unpaired) electrons. The van der Waals surface area contributed by atoms with Crippen LogP contribution in [0.25, 0.3) is 0 Å². The highest BCUT2D eigenvalue weighted by atomic mass is 32.2. The molecule has 3 aromatic rings. The maximum absolute atomic E-state index is 13.4. The molecule has 0 unspecified atom stereocenters. The van der Waals surface area contributed by atoms with E-state index in [1.165, 1.54) is 16.8 Å². The number of sulfone groups is 1. The first kappa shape index (κ1) is 23.5. The van der Waals surface area contributed by atoms with E-state index < -0.39 is 21.3 Å². The highest BCUT2D eigenvalue weighted by Crippen LogP contribution is 2.36. The smallest absolute Gasteiger partial charge is 0.317 e. The number of nitrogens with zero attached hydrogens (tertiary/aromatic N) is 2. The second-order valence-corrected chi connectivity index (χ2v) is 10.2. The van der Waals surface area contributed by atoms with E-state index in [1.807, 2.05) is 27.7 Å². The summed E-state index contributed by atoms with van der Waals surface area (Å²) < 4.78 is 39.3. The second kappa shape index (κ2) is 9.16. The Bertz CT molecular complexity index is 1190. The van der Waals surface area contributed by atoms with Gasteiger partial charge in [-0.3, -0.25) is 4.79 Å². The molecule has 0 N–H and O–H groups in total. The average molecular weight is 457 g/mol. The summed E-state index contributed by atoms with van der Waals surface area (Å²) in [6.45, 7) is 9.64. The summed E-state index contributed by atoms with van der Waals surface area (Å²) in [4.78, 5) is 12.8. The Labute approximate surface area is 188 Å². The molecule has 0 atom stereocenters. The van der Waals surface area contributed by atoms with E-state index in [1.54, 1.807) is 49.4 Å². The van der Waals surface area contributed by atoms with E-state index in [0.717, 1.165) is 5.56 Å². The summed E-state index contributed by atoms with van der Waals surface area (Å²) in [6, 6.07) is 15.2. The monoisotopic (exact) mass is 456 g/mol. The van der Waals surface area contributed by atoms with Crippen LogP contribution < -0.4 is 9.47 Å². The molecule has 32 heavy (non-hydrogen) atoms.